The number of carbonyl (C=O) groups excluding carboxylic acids is 1. The van der Waals surface area contributed by atoms with Crippen LogP contribution in [0.2, 0.25) is 0 Å². The van der Waals surface area contributed by atoms with Crippen molar-refractivity contribution in [3.8, 4) is 0 Å². The molecular weight excluding hydrogens is 286 g/mol. The monoisotopic (exact) mass is 305 g/mol. The van der Waals surface area contributed by atoms with Crippen molar-refractivity contribution in [2.45, 2.75) is 25.8 Å². The van der Waals surface area contributed by atoms with Crippen molar-refractivity contribution in [1.82, 2.24) is 5.32 Å². The maximum atomic E-state index is 12.5. The van der Waals surface area contributed by atoms with Crippen molar-refractivity contribution in [2.24, 2.45) is 23.7 Å². The minimum atomic E-state index is -0.850. The molecule has 0 saturated heterocycles. The summed E-state index contributed by atoms with van der Waals surface area (Å²) in [6.45, 7) is 1.97. The van der Waals surface area contributed by atoms with Crippen LogP contribution in [0, 0.1) is 23.7 Å². The molecule has 1 aromatic rings. The predicted octanol–water partition coefficient (Wildman–Crippen LogP) is 2.32. The molecule has 21 heavy (non-hydrogen) atoms. The van der Waals surface area contributed by atoms with Gasteiger partial charge < -0.3 is 10.4 Å². The van der Waals surface area contributed by atoms with Crippen LogP contribution in [0.4, 0.5) is 0 Å². The van der Waals surface area contributed by atoms with E-state index in [1.807, 2.05) is 30.5 Å². The van der Waals surface area contributed by atoms with E-state index < -0.39 is 17.8 Å². The molecular formula is C16H19NO3S. The molecule has 112 valence electrons. The standard InChI is InChI=1S/C16H19NO3S/c1-9(6-10-4-5-21-8-10)17-15(18)13-11-2-3-12(7-11)14(13)16(19)20/h2-5,8-9,11-14H,6-7H2,1H3,(H,17,18)(H,19,20). The van der Waals surface area contributed by atoms with Crippen LogP contribution in [0.15, 0.2) is 29.0 Å². The van der Waals surface area contributed by atoms with Crippen LogP contribution in [0.1, 0.15) is 18.9 Å². The fraction of sp³-hybridized carbons (Fsp3) is 0.500. The molecule has 5 unspecified atom stereocenters. The van der Waals surface area contributed by atoms with Crippen LogP contribution in [-0.4, -0.2) is 23.0 Å². The van der Waals surface area contributed by atoms with E-state index in [0.29, 0.717) is 0 Å². The second-order valence-corrected chi connectivity index (χ2v) is 6.86. The SMILES string of the molecule is CC(Cc1ccsc1)NC(=O)C1C2C=CC(C2)C1C(=O)O. The molecule has 4 nitrogen and oxygen atoms in total. The summed E-state index contributed by atoms with van der Waals surface area (Å²) in [6, 6.07) is 2.07. The predicted molar refractivity (Wildman–Crippen MR) is 81.0 cm³/mol. The Morgan fingerprint density at radius 2 is 2.10 bits per heavy atom. The maximum Gasteiger partial charge on any atom is 0.307 e. The third-order valence-electron chi connectivity index (χ3n) is 4.56. The number of amides is 1. The zero-order valence-corrected chi connectivity index (χ0v) is 12.7. The molecule has 0 radical (unpaired) electrons. The number of hydrogen-bond acceptors (Lipinski definition) is 3. The fourth-order valence-corrected chi connectivity index (χ4v) is 4.35. The molecule has 3 rings (SSSR count). The lowest BCUT2D eigenvalue weighted by Gasteiger charge is -2.25. The number of carboxylic acids is 1. The highest BCUT2D eigenvalue weighted by molar-refractivity contribution is 7.07. The lowest BCUT2D eigenvalue weighted by Crippen LogP contribution is -2.44. The van der Waals surface area contributed by atoms with Crippen LogP contribution in [0.5, 0.6) is 0 Å². The van der Waals surface area contributed by atoms with Crippen LogP contribution in [0.3, 0.4) is 0 Å². The van der Waals surface area contributed by atoms with Gasteiger partial charge in [0.1, 0.15) is 0 Å². The third kappa shape index (κ3) is 2.75. The molecule has 1 saturated carbocycles. The molecule has 2 bridgehead atoms. The van der Waals surface area contributed by atoms with Gasteiger partial charge >= 0.3 is 5.97 Å². The van der Waals surface area contributed by atoms with E-state index >= 15 is 0 Å². The smallest absolute Gasteiger partial charge is 0.307 e. The summed E-state index contributed by atoms with van der Waals surface area (Å²) in [5, 5.41) is 16.5. The Labute approximate surface area is 127 Å². The lowest BCUT2D eigenvalue weighted by molar-refractivity contribution is -0.148. The van der Waals surface area contributed by atoms with Gasteiger partial charge in [-0.05, 0) is 54.0 Å². The first-order chi connectivity index (χ1) is 10.1. The minimum absolute atomic E-state index is 0.0182. The van der Waals surface area contributed by atoms with Gasteiger partial charge in [-0.2, -0.15) is 11.3 Å². The normalized spacial score (nSPS) is 31.3. The maximum absolute atomic E-state index is 12.5. The minimum Gasteiger partial charge on any atom is -0.481 e. The molecule has 0 spiro atoms. The molecule has 1 amide bonds. The van der Waals surface area contributed by atoms with Gasteiger partial charge in [-0.3, -0.25) is 9.59 Å². The second-order valence-electron chi connectivity index (χ2n) is 6.08. The number of nitrogens with one attached hydrogen (secondary N) is 1. The topological polar surface area (TPSA) is 66.4 Å². The summed E-state index contributed by atoms with van der Waals surface area (Å²) in [7, 11) is 0. The number of allylic oxidation sites excluding steroid dienone is 2. The van der Waals surface area contributed by atoms with Crippen LogP contribution < -0.4 is 5.32 Å². The van der Waals surface area contributed by atoms with Crippen molar-refractivity contribution in [3.05, 3.63) is 34.5 Å². The van der Waals surface area contributed by atoms with E-state index in [9.17, 15) is 14.7 Å². The van der Waals surface area contributed by atoms with E-state index in [-0.39, 0.29) is 23.8 Å². The first-order valence-corrected chi connectivity index (χ1v) is 8.23. The number of thiophene rings is 1. The van der Waals surface area contributed by atoms with Crippen LogP contribution >= 0.6 is 11.3 Å². The van der Waals surface area contributed by atoms with Gasteiger partial charge in [0.25, 0.3) is 0 Å². The molecule has 5 heteroatoms. The molecule has 1 aromatic heterocycles. The Morgan fingerprint density at radius 1 is 1.38 bits per heavy atom. The number of hydrogen-bond donors (Lipinski definition) is 2. The summed E-state index contributed by atoms with van der Waals surface area (Å²) in [6.07, 6.45) is 5.55. The highest BCUT2D eigenvalue weighted by Crippen LogP contribution is 2.48. The number of rotatable bonds is 5. The van der Waals surface area contributed by atoms with Gasteiger partial charge in [0.2, 0.25) is 5.91 Å². The summed E-state index contributed by atoms with van der Waals surface area (Å²) < 4.78 is 0. The van der Waals surface area contributed by atoms with Gasteiger partial charge in [0.15, 0.2) is 0 Å². The van der Waals surface area contributed by atoms with Crippen molar-refractivity contribution in [3.63, 3.8) is 0 Å². The quantitative estimate of drug-likeness (QED) is 0.820. The summed E-state index contributed by atoms with van der Waals surface area (Å²) in [5.74, 6) is -1.82. The van der Waals surface area contributed by atoms with E-state index in [1.165, 1.54) is 5.56 Å². The van der Waals surface area contributed by atoms with E-state index in [0.717, 1.165) is 12.8 Å². The zero-order chi connectivity index (χ0) is 15.0. The van der Waals surface area contributed by atoms with Crippen molar-refractivity contribution < 1.29 is 14.7 Å². The van der Waals surface area contributed by atoms with Crippen molar-refractivity contribution >= 4 is 23.2 Å². The number of carbonyl (C=O) groups is 2. The Morgan fingerprint density at radius 3 is 2.71 bits per heavy atom. The molecule has 2 aliphatic rings. The lowest BCUT2D eigenvalue weighted by atomic mass is 9.82. The number of fused-ring (bicyclic) bond motifs is 2. The average molecular weight is 305 g/mol. The number of carboxylic acid groups (broad SMARTS) is 1. The van der Waals surface area contributed by atoms with Gasteiger partial charge in [-0.1, -0.05) is 12.2 Å². The molecule has 1 heterocycles. The van der Waals surface area contributed by atoms with Gasteiger partial charge in [0.05, 0.1) is 11.8 Å². The van der Waals surface area contributed by atoms with E-state index in [1.54, 1.807) is 11.3 Å². The van der Waals surface area contributed by atoms with E-state index in [4.69, 9.17) is 0 Å². The molecule has 2 N–H and O–H groups in total. The first-order valence-electron chi connectivity index (χ1n) is 7.29. The highest BCUT2D eigenvalue weighted by Gasteiger charge is 2.51. The molecule has 5 atom stereocenters. The van der Waals surface area contributed by atoms with Crippen molar-refractivity contribution in [1.29, 1.82) is 0 Å². The van der Waals surface area contributed by atoms with Crippen LogP contribution in [-0.2, 0) is 16.0 Å². The first kappa shape index (κ1) is 14.3. The van der Waals surface area contributed by atoms with Gasteiger partial charge in [-0.25, -0.2) is 0 Å². The van der Waals surface area contributed by atoms with Gasteiger partial charge in [-0.15, -0.1) is 0 Å². The summed E-state index contributed by atoms with van der Waals surface area (Å²) >= 11 is 1.64. The largest absolute Gasteiger partial charge is 0.481 e. The van der Waals surface area contributed by atoms with Crippen LogP contribution in [0.25, 0.3) is 0 Å². The summed E-state index contributed by atoms with van der Waals surface area (Å²) in [5.41, 5.74) is 1.20. The van der Waals surface area contributed by atoms with Crippen molar-refractivity contribution in [2.75, 3.05) is 0 Å². The Kier molecular flexibility index (Phi) is 3.85. The molecule has 1 fully saturated rings. The number of aliphatic carboxylic acids is 1. The van der Waals surface area contributed by atoms with E-state index in [2.05, 4.69) is 10.7 Å². The second kappa shape index (κ2) is 5.64. The highest BCUT2D eigenvalue weighted by atomic mass is 32.1. The summed E-state index contributed by atoms with van der Waals surface area (Å²) in [4.78, 5) is 23.9. The molecule has 0 aliphatic heterocycles. The fourth-order valence-electron chi connectivity index (χ4n) is 3.67. The zero-order valence-electron chi connectivity index (χ0n) is 11.9. The molecule has 2 aliphatic carbocycles. The Hall–Kier alpha value is -1.62. The Balaban J connectivity index is 1.64. The average Bonchev–Trinajstić information content (AvgIpc) is 3.13. The van der Waals surface area contributed by atoms with Gasteiger partial charge in [0, 0.05) is 6.04 Å². The third-order valence-corrected chi connectivity index (χ3v) is 5.29. The molecule has 0 aromatic carbocycles. The Bertz CT molecular complexity index is 566.